The average Bonchev–Trinajstić information content (AvgIpc) is 3.00. The van der Waals surface area contributed by atoms with Gasteiger partial charge in [0.1, 0.15) is 5.15 Å². The van der Waals surface area contributed by atoms with E-state index in [0.29, 0.717) is 6.54 Å². The molecule has 1 aliphatic rings. The lowest BCUT2D eigenvalue weighted by atomic mass is 9.98. The van der Waals surface area contributed by atoms with Crippen LogP contribution in [0.25, 0.3) is 0 Å². The number of aromatic nitrogens is 2. The molecule has 2 heterocycles. The fourth-order valence-electron chi connectivity index (χ4n) is 3.93. The number of benzene rings is 2. The van der Waals surface area contributed by atoms with Gasteiger partial charge in [-0.2, -0.15) is 5.10 Å². The molecule has 6 heteroatoms. The van der Waals surface area contributed by atoms with Crippen molar-refractivity contribution in [3.63, 3.8) is 0 Å². The zero-order valence-electron chi connectivity index (χ0n) is 17.1. The summed E-state index contributed by atoms with van der Waals surface area (Å²) in [5, 5.41) is 5.41. The molecule has 2 aromatic carbocycles. The second kappa shape index (κ2) is 8.47. The molecule has 0 amide bonds. The minimum Gasteiger partial charge on any atom is -0.493 e. The van der Waals surface area contributed by atoms with E-state index in [-0.39, 0.29) is 0 Å². The van der Waals surface area contributed by atoms with Crippen molar-refractivity contribution in [3.05, 3.63) is 75.6 Å². The Hall–Kier alpha value is -2.50. The molecule has 0 unspecified atom stereocenters. The second-order valence-electron chi connectivity index (χ2n) is 7.43. The molecule has 0 saturated carbocycles. The third-order valence-corrected chi connectivity index (χ3v) is 5.96. The quantitative estimate of drug-likeness (QED) is 0.600. The van der Waals surface area contributed by atoms with E-state index >= 15 is 0 Å². The zero-order chi connectivity index (χ0) is 20.4. The Morgan fingerprint density at radius 3 is 2.38 bits per heavy atom. The number of fused-ring (bicyclic) bond motifs is 1. The maximum Gasteiger partial charge on any atom is 0.161 e. The van der Waals surface area contributed by atoms with Gasteiger partial charge in [-0.05, 0) is 42.2 Å². The van der Waals surface area contributed by atoms with Gasteiger partial charge < -0.3 is 9.47 Å². The molecule has 29 heavy (non-hydrogen) atoms. The Balaban J connectivity index is 1.52. The van der Waals surface area contributed by atoms with E-state index < -0.39 is 0 Å². The summed E-state index contributed by atoms with van der Waals surface area (Å²) < 4.78 is 12.8. The molecule has 0 aliphatic carbocycles. The van der Waals surface area contributed by atoms with Gasteiger partial charge in [0.25, 0.3) is 0 Å². The molecule has 0 N–H and O–H groups in total. The number of rotatable bonds is 6. The van der Waals surface area contributed by atoms with Crippen molar-refractivity contribution in [2.45, 2.75) is 33.0 Å². The molecule has 0 saturated heterocycles. The molecule has 1 aromatic heterocycles. The van der Waals surface area contributed by atoms with Crippen LogP contribution in [-0.2, 0) is 26.1 Å². The van der Waals surface area contributed by atoms with Crippen LogP contribution in [0.4, 0.5) is 0 Å². The Morgan fingerprint density at radius 1 is 1.00 bits per heavy atom. The van der Waals surface area contributed by atoms with E-state index in [1.54, 1.807) is 14.2 Å². The van der Waals surface area contributed by atoms with Crippen molar-refractivity contribution in [2.75, 3.05) is 20.8 Å². The first-order chi connectivity index (χ1) is 14.1. The largest absolute Gasteiger partial charge is 0.493 e. The van der Waals surface area contributed by atoms with Crippen LogP contribution < -0.4 is 9.47 Å². The molecule has 0 spiro atoms. The summed E-state index contributed by atoms with van der Waals surface area (Å²) in [5.74, 6) is 1.57. The average molecular weight is 412 g/mol. The number of methoxy groups -OCH3 is 2. The molecule has 0 fully saturated rings. The summed E-state index contributed by atoms with van der Waals surface area (Å²) in [6.07, 6.45) is 0.977. The highest BCUT2D eigenvalue weighted by atomic mass is 35.5. The van der Waals surface area contributed by atoms with E-state index in [0.717, 1.165) is 54.0 Å². The lowest BCUT2D eigenvalue weighted by Gasteiger charge is -2.29. The number of hydrogen-bond donors (Lipinski definition) is 0. The van der Waals surface area contributed by atoms with Crippen LogP contribution in [0.15, 0.2) is 42.5 Å². The number of nitrogens with zero attached hydrogens (tertiary/aromatic N) is 3. The van der Waals surface area contributed by atoms with Gasteiger partial charge in [0, 0.05) is 25.2 Å². The highest BCUT2D eigenvalue weighted by Crippen LogP contribution is 2.34. The monoisotopic (exact) mass is 411 g/mol. The molecule has 3 aromatic rings. The van der Waals surface area contributed by atoms with Crippen molar-refractivity contribution >= 4 is 11.6 Å². The normalized spacial score (nSPS) is 13.9. The Morgan fingerprint density at radius 2 is 1.69 bits per heavy atom. The maximum atomic E-state index is 6.72. The van der Waals surface area contributed by atoms with Crippen molar-refractivity contribution in [2.24, 2.45) is 0 Å². The first-order valence-electron chi connectivity index (χ1n) is 9.81. The molecular formula is C23H26ClN3O2. The van der Waals surface area contributed by atoms with Crippen molar-refractivity contribution in [1.82, 2.24) is 14.7 Å². The van der Waals surface area contributed by atoms with Crippen LogP contribution >= 0.6 is 11.6 Å². The smallest absolute Gasteiger partial charge is 0.161 e. The lowest BCUT2D eigenvalue weighted by Crippen LogP contribution is -2.30. The van der Waals surface area contributed by atoms with Gasteiger partial charge >= 0.3 is 0 Å². The molecule has 1 aliphatic heterocycles. The summed E-state index contributed by atoms with van der Waals surface area (Å²) in [7, 11) is 3.35. The topological polar surface area (TPSA) is 39.5 Å². The number of hydrogen-bond acceptors (Lipinski definition) is 4. The van der Waals surface area contributed by atoms with Crippen LogP contribution in [0.5, 0.6) is 11.5 Å². The predicted molar refractivity (Wildman–Crippen MR) is 115 cm³/mol. The van der Waals surface area contributed by atoms with Crippen LogP contribution in [-0.4, -0.2) is 35.4 Å². The highest BCUT2D eigenvalue weighted by molar-refractivity contribution is 6.30. The highest BCUT2D eigenvalue weighted by Gasteiger charge is 2.22. The molecule has 152 valence electrons. The van der Waals surface area contributed by atoms with Gasteiger partial charge in [0.2, 0.25) is 0 Å². The standard InChI is InChI=1S/C23H26ClN3O2/c1-16-20(23(24)27(25-16)13-17-7-5-4-6-8-17)15-26-10-9-18-11-21(28-2)22(29-3)12-19(18)14-26/h4-8,11-12H,9-10,13-15H2,1-3H3. The van der Waals surface area contributed by atoms with E-state index in [1.165, 1.54) is 16.7 Å². The molecule has 0 atom stereocenters. The van der Waals surface area contributed by atoms with E-state index in [4.69, 9.17) is 21.1 Å². The first-order valence-corrected chi connectivity index (χ1v) is 10.2. The van der Waals surface area contributed by atoms with E-state index in [9.17, 15) is 0 Å². The van der Waals surface area contributed by atoms with E-state index in [2.05, 4.69) is 34.3 Å². The molecule has 4 rings (SSSR count). The van der Waals surface area contributed by atoms with Gasteiger partial charge in [-0.25, -0.2) is 4.68 Å². The second-order valence-corrected chi connectivity index (χ2v) is 7.79. The number of halogens is 1. The van der Waals surface area contributed by atoms with Gasteiger partial charge in [-0.15, -0.1) is 0 Å². The van der Waals surface area contributed by atoms with Gasteiger partial charge in [-0.3, -0.25) is 4.90 Å². The van der Waals surface area contributed by atoms with Crippen molar-refractivity contribution in [1.29, 1.82) is 0 Å². The van der Waals surface area contributed by atoms with Crippen LogP contribution in [0.2, 0.25) is 5.15 Å². The summed E-state index contributed by atoms with van der Waals surface area (Å²) in [6.45, 7) is 5.33. The van der Waals surface area contributed by atoms with Gasteiger partial charge in [0.15, 0.2) is 11.5 Å². The third kappa shape index (κ3) is 4.11. The predicted octanol–water partition coefficient (Wildman–Crippen LogP) is 4.47. The van der Waals surface area contributed by atoms with Gasteiger partial charge in [0.05, 0.1) is 26.5 Å². The van der Waals surface area contributed by atoms with Gasteiger partial charge in [-0.1, -0.05) is 41.9 Å². The van der Waals surface area contributed by atoms with Crippen LogP contribution in [0.3, 0.4) is 0 Å². The molecule has 5 nitrogen and oxygen atoms in total. The maximum absolute atomic E-state index is 6.72. The molecule has 0 bridgehead atoms. The van der Waals surface area contributed by atoms with Crippen LogP contribution in [0, 0.1) is 6.92 Å². The fraction of sp³-hybridized carbons (Fsp3) is 0.348. The summed E-state index contributed by atoms with van der Waals surface area (Å²) in [5.41, 5.74) is 5.88. The number of aryl methyl sites for hydroxylation is 1. The first kappa shape index (κ1) is 19.8. The SMILES string of the molecule is COc1cc2c(cc1OC)CN(Cc1c(C)nn(Cc3ccccc3)c1Cl)CC2. The minimum atomic E-state index is 0.681. The van der Waals surface area contributed by atoms with E-state index in [1.807, 2.05) is 29.8 Å². The fourth-order valence-corrected chi connectivity index (χ4v) is 4.23. The zero-order valence-corrected chi connectivity index (χ0v) is 17.9. The third-order valence-electron chi connectivity index (χ3n) is 5.54. The lowest BCUT2D eigenvalue weighted by molar-refractivity contribution is 0.243. The number of ether oxygens (including phenoxy) is 2. The summed E-state index contributed by atoms with van der Waals surface area (Å²) >= 11 is 6.72. The molecular weight excluding hydrogens is 386 g/mol. The Labute approximate surface area is 176 Å². The molecule has 0 radical (unpaired) electrons. The summed E-state index contributed by atoms with van der Waals surface area (Å²) in [4.78, 5) is 2.41. The summed E-state index contributed by atoms with van der Waals surface area (Å²) in [6, 6.07) is 14.5. The van der Waals surface area contributed by atoms with Crippen molar-refractivity contribution in [3.8, 4) is 11.5 Å². The van der Waals surface area contributed by atoms with Crippen LogP contribution in [0.1, 0.15) is 27.9 Å². The Bertz CT molecular complexity index is 1000. The minimum absolute atomic E-state index is 0.681. The Kier molecular flexibility index (Phi) is 5.79. The van der Waals surface area contributed by atoms with Crippen molar-refractivity contribution < 1.29 is 9.47 Å².